The molecular formula is C15H19N3O2. The molecule has 1 aromatic heterocycles. The summed E-state index contributed by atoms with van der Waals surface area (Å²) >= 11 is 0. The van der Waals surface area contributed by atoms with Crippen LogP contribution in [0.1, 0.15) is 28.7 Å². The summed E-state index contributed by atoms with van der Waals surface area (Å²) in [5, 5.41) is 8.99. The number of aryl methyl sites for hydroxylation is 2. The average Bonchev–Trinajstić information content (AvgIpc) is 2.45. The van der Waals surface area contributed by atoms with Crippen molar-refractivity contribution >= 4 is 16.9 Å². The Hall–Kier alpha value is -2.01. The Morgan fingerprint density at radius 2 is 1.85 bits per heavy atom. The molecule has 0 saturated carbocycles. The van der Waals surface area contributed by atoms with Crippen molar-refractivity contribution in [2.45, 2.75) is 20.8 Å². The molecule has 106 valence electrons. The Kier molecular flexibility index (Phi) is 4.29. The topological polar surface area (TPSA) is 66.3 Å². The molecule has 5 heteroatoms. The van der Waals surface area contributed by atoms with Gasteiger partial charge in [-0.1, -0.05) is 0 Å². The van der Waals surface area contributed by atoms with Crippen molar-refractivity contribution in [3.63, 3.8) is 0 Å². The van der Waals surface area contributed by atoms with Gasteiger partial charge in [0.1, 0.15) is 0 Å². The van der Waals surface area contributed by atoms with Crippen LogP contribution in [-0.2, 0) is 0 Å². The normalized spacial score (nSPS) is 10.8. The van der Waals surface area contributed by atoms with E-state index in [-0.39, 0.29) is 12.5 Å². The van der Waals surface area contributed by atoms with Gasteiger partial charge in [-0.25, -0.2) is 9.97 Å². The molecule has 0 bridgehead atoms. The van der Waals surface area contributed by atoms with E-state index in [2.05, 4.69) is 9.97 Å². The van der Waals surface area contributed by atoms with Crippen LogP contribution in [0.4, 0.5) is 0 Å². The lowest BCUT2D eigenvalue weighted by molar-refractivity contribution is 0.0732. The number of benzene rings is 1. The second-order valence-electron chi connectivity index (χ2n) is 4.71. The first-order chi connectivity index (χ1) is 9.56. The van der Waals surface area contributed by atoms with Gasteiger partial charge < -0.3 is 10.0 Å². The van der Waals surface area contributed by atoms with Gasteiger partial charge in [0, 0.05) is 18.7 Å². The third-order valence-corrected chi connectivity index (χ3v) is 3.36. The molecule has 0 saturated heterocycles. The van der Waals surface area contributed by atoms with Crippen molar-refractivity contribution in [1.29, 1.82) is 0 Å². The van der Waals surface area contributed by atoms with Crippen LogP contribution in [0.3, 0.4) is 0 Å². The number of amides is 1. The Morgan fingerprint density at radius 3 is 2.45 bits per heavy atom. The highest BCUT2D eigenvalue weighted by Crippen LogP contribution is 2.15. The molecule has 0 radical (unpaired) electrons. The van der Waals surface area contributed by atoms with E-state index >= 15 is 0 Å². The molecule has 1 heterocycles. The van der Waals surface area contributed by atoms with Gasteiger partial charge in [-0.3, -0.25) is 4.79 Å². The van der Waals surface area contributed by atoms with Crippen LogP contribution >= 0.6 is 0 Å². The predicted octanol–water partition coefficient (Wildman–Crippen LogP) is 1.70. The van der Waals surface area contributed by atoms with E-state index < -0.39 is 0 Å². The van der Waals surface area contributed by atoms with E-state index in [4.69, 9.17) is 5.11 Å². The van der Waals surface area contributed by atoms with E-state index in [1.165, 1.54) is 0 Å². The molecule has 2 aromatic rings. The molecule has 1 aromatic carbocycles. The molecule has 0 aliphatic carbocycles. The van der Waals surface area contributed by atoms with Crippen LogP contribution in [0.25, 0.3) is 11.0 Å². The monoisotopic (exact) mass is 273 g/mol. The van der Waals surface area contributed by atoms with E-state index in [9.17, 15) is 4.79 Å². The van der Waals surface area contributed by atoms with Gasteiger partial charge in [0.05, 0.1) is 29.0 Å². The number of likely N-dealkylation sites (N-methyl/N-ethyl adjacent to an activating group) is 1. The number of carbonyl (C=O) groups excluding carboxylic acids is 1. The van der Waals surface area contributed by atoms with Crippen molar-refractivity contribution in [1.82, 2.24) is 14.9 Å². The highest BCUT2D eigenvalue weighted by molar-refractivity contribution is 5.97. The number of fused-ring (bicyclic) bond motifs is 1. The van der Waals surface area contributed by atoms with Crippen LogP contribution in [0.15, 0.2) is 18.2 Å². The molecule has 1 N–H and O–H groups in total. The number of hydrogen-bond acceptors (Lipinski definition) is 4. The van der Waals surface area contributed by atoms with Crippen LogP contribution in [-0.4, -0.2) is 45.6 Å². The summed E-state index contributed by atoms with van der Waals surface area (Å²) in [6.45, 7) is 6.58. The number of carbonyl (C=O) groups is 1. The van der Waals surface area contributed by atoms with Crippen molar-refractivity contribution in [2.24, 2.45) is 0 Å². The molecule has 0 fully saturated rings. The summed E-state index contributed by atoms with van der Waals surface area (Å²) in [6.07, 6.45) is 0. The molecule has 0 aliphatic rings. The fourth-order valence-corrected chi connectivity index (χ4v) is 2.07. The zero-order valence-corrected chi connectivity index (χ0v) is 12.1. The first-order valence-corrected chi connectivity index (χ1v) is 6.72. The first kappa shape index (κ1) is 14.4. The second kappa shape index (κ2) is 5.96. The minimum Gasteiger partial charge on any atom is -0.395 e. The summed E-state index contributed by atoms with van der Waals surface area (Å²) in [7, 11) is 0. The molecule has 2 rings (SSSR count). The number of aromatic nitrogens is 2. The zero-order chi connectivity index (χ0) is 14.7. The lowest BCUT2D eigenvalue weighted by Crippen LogP contribution is -2.33. The summed E-state index contributed by atoms with van der Waals surface area (Å²) in [5.74, 6) is -0.0940. The maximum atomic E-state index is 12.3. The van der Waals surface area contributed by atoms with Crippen LogP contribution in [0.5, 0.6) is 0 Å². The standard InChI is InChI=1S/C15H19N3O2/c1-4-18(7-8-19)15(20)12-5-6-13-14(9-12)17-11(3)10(2)16-13/h5-6,9,19H,4,7-8H2,1-3H3. The number of hydrogen-bond donors (Lipinski definition) is 1. The molecule has 5 nitrogen and oxygen atoms in total. The fourth-order valence-electron chi connectivity index (χ4n) is 2.07. The maximum absolute atomic E-state index is 12.3. The van der Waals surface area contributed by atoms with E-state index in [0.717, 1.165) is 22.4 Å². The van der Waals surface area contributed by atoms with Crippen LogP contribution in [0, 0.1) is 13.8 Å². The van der Waals surface area contributed by atoms with Gasteiger partial charge in [0.15, 0.2) is 0 Å². The fraction of sp³-hybridized carbons (Fsp3) is 0.400. The van der Waals surface area contributed by atoms with Crippen molar-refractivity contribution in [2.75, 3.05) is 19.7 Å². The molecular weight excluding hydrogens is 254 g/mol. The lowest BCUT2D eigenvalue weighted by Gasteiger charge is -2.19. The molecule has 0 aliphatic heterocycles. The van der Waals surface area contributed by atoms with Gasteiger partial charge in [0.25, 0.3) is 5.91 Å². The Morgan fingerprint density at radius 1 is 1.20 bits per heavy atom. The highest BCUT2D eigenvalue weighted by atomic mass is 16.3. The first-order valence-electron chi connectivity index (χ1n) is 6.72. The van der Waals surface area contributed by atoms with Gasteiger partial charge >= 0.3 is 0 Å². The van der Waals surface area contributed by atoms with E-state index in [1.54, 1.807) is 17.0 Å². The Bertz CT molecular complexity index is 640. The summed E-state index contributed by atoms with van der Waals surface area (Å²) < 4.78 is 0. The van der Waals surface area contributed by atoms with E-state index in [1.807, 2.05) is 26.8 Å². The smallest absolute Gasteiger partial charge is 0.254 e. The maximum Gasteiger partial charge on any atom is 0.254 e. The summed E-state index contributed by atoms with van der Waals surface area (Å²) in [6, 6.07) is 5.33. The zero-order valence-electron chi connectivity index (χ0n) is 12.1. The van der Waals surface area contributed by atoms with Gasteiger partial charge in [-0.05, 0) is 39.0 Å². The third-order valence-electron chi connectivity index (χ3n) is 3.36. The number of aliphatic hydroxyl groups excluding tert-OH is 1. The molecule has 20 heavy (non-hydrogen) atoms. The largest absolute Gasteiger partial charge is 0.395 e. The second-order valence-corrected chi connectivity index (χ2v) is 4.71. The molecule has 1 amide bonds. The lowest BCUT2D eigenvalue weighted by atomic mass is 10.1. The average molecular weight is 273 g/mol. The van der Waals surface area contributed by atoms with Crippen molar-refractivity contribution < 1.29 is 9.90 Å². The van der Waals surface area contributed by atoms with E-state index in [0.29, 0.717) is 18.7 Å². The number of rotatable bonds is 4. The quantitative estimate of drug-likeness (QED) is 0.920. The molecule has 0 spiro atoms. The summed E-state index contributed by atoms with van der Waals surface area (Å²) in [4.78, 5) is 22.9. The number of nitrogens with zero attached hydrogens (tertiary/aromatic N) is 3. The Balaban J connectivity index is 2.40. The SMILES string of the molecule is CCN(CCO)C(=O)c1ccc2nc(C)c(C)nc2c1. The number of aliphatic hydroxyl groups is 1. The highest BCUT2D eigenvalue weighted by Gasteiger charge is 2.14. The summed E-state index contributed by atoms with van der Waals surface area (Å²) in [5.41, 5.74) is 3.84. The molecule has 0 atom stereocenters. The predicted molar refractivity (Wildman–Crippen MR) is 77.7 cm³/mol. The van der Waals surface area contributed by atoms with Gasteiger partial charge in [-0.15, -0.1) is 0 Å². The van der Waals surface area contributed by atoms with Crippen LogP contribution in [0.2, 0.25) is 0 Å². The molecule has 0 unspecified atom stereocenters. The minimum absolute atomic E-state index is 0.0364. The third kappa shape index (κ3) is 2.77. The van der Waals surface area contributed by atoms with Crippen LogP contribution < -0.4 is 0 Å². The van der Waals surface area contributed by atoms with Crippen molar-refractivity contribution in [3.8, 4) is 0 Å². The minimum atomic E-state index is -0.0940. The van der Waals surface area contributed by atoms with Crippen molar-refractivity contribution in [3.05, 3.63) is 35.2 Å². The van der Waals surface area contributed by atoms with Gasteiger partial charge in [0.2, 0.25) is 0 Å². The van der Waals surface area contributed by atoms with Gasteiger partial charge in [-0.2, -0.15) is 0 Å². The Labute approximate surface area is 118 Å².